The molecule has 0 fully saturated rings. The van der Waals surface area contributed by atoms with Gasteiger partial charge in [-0.05, 0) is 18.8 Å². The Kier molecular flexibility index (Phi) is 8.46. The first-order valence-electron chi connectivity index (χ1n) is 5.41. The minimum atomic E-state index is 0.394. The Morgan fingerprint density at radius 1 is 1.00 bits per heavy atom. The molecule has 80 valence electrons. The second kappa shape index (κ2) is 8.52. The van der Waals surface area contributed by atoms with Gasteiger partial charge in [0.1, 0.15) is 0 Å². The average Bonchev–Trinajstić information content (AvgIpc) is 2.10. The standard InChI is InChI=1S/C11H24O2/c1-5-7-12-8-9-13-11(6-2)10(3)4/h10-11H,5-9H2,1-4H3. The maximum absolute atomic E-state index is 5.67. The minimum Gasteiger partial charge on any atom is -0.379 e. The molecule has 0 aromatic carbocycles. The highest BCUT2D eigenvalue weighted by Gasteiger charge is 2.10. The van der Waals surface area contributed by atoms with Gasteiger partial charge in [-0.2, -0.15) is 0 Å². The lowest BCUT2D eigenvalue weighted by atomic mass is 10.1. The molecule has 0 aliphatic heterocycles. The van der Waals surface area contributed by atoms with Crippen LogP contribution in [0.1, 0.15) is 40.5 Å². The summed E-state index contributed by atoms with van der Waals surface area (Å²) in [7, 11) is 0. The van der Waals surface area contributed by atoms with Gasteiger partial charge in [0.05, 0.1) is 19.3 Å². The van der Waals surface area contributed by atoms with E-state index >= 15 is 0 Å². The first-order valence-corrected chi connectivity index (χ1v) is 5.41. The first kappa shape index (κ1) is 12.9. The molecule has 0 saturated heterocycles. The zero-order chi connectivity index (χ0) is 10.1. The third-order valence-corrected chi connectivity index (χ3v) is 2.05. The zero-order valence-electron chi connectivity index (χ0n) is 9.51. The van der Waals surface area contributed by atoms with Crippen LogP contribution in [0.5, 0.6) is 0 Å². The average molecular weight is 188 g/mol. The van der Waals surface area contributed by atoms with Crippen molar-refractivity contribution in [3.8, 4) is 0 Å². The Bertz CT molecular complexity index is 102. The highest BCUT2D eigenvalue weighted by molar-refractivity contribution is 4.59. The van der Waals surface area contributed by atoms with E-state index in [0.29, 0.717) is 12.0 Å². The Morgan fingerprint density at radius 3 is 2.15 bits per heavy atom. The van der Waals surface area contributed by atoms with Crippen LogP contribution < -0.4 is 0 Å². The second-order valence-electron chi connectivity index (χ2n) is 3.67. The van der Waals surface area contributed by atoms with E-state index in [1.807, 2.05) is 0 Å². The van der Waals surface area contributed by atoms with Crippen LogP contribution in [0, 0.1) is 5.92 Å². The van der Waals surface area contributed by atoms with E-state index < -0.39 is 0 Å². The minimum absolute atomic E-state index is 0.394. The summed E-state index contributed by atoms with van der Waals surface area (Å²) in [6.45, 7) is 11.0. The van der Waals surface area contributed by atoms with Crippen molar-refractivity contribution >= 4 is 0 Å². The van der Waals surface area contributed by atoms with E-state index in [2.05, 4.69) is 27.7 Å². The summed E-state index contributed by atoms with van der Waals surface area (Å²) in [6, 6.07) is 0. The van der Waals surface area contributed by atoms with Gasteiger partial charge in [0, 0.05) is 6.61 Å². The number of hydrogen-bond acceptors (Lipinski definition) is 2. The van der Waals surface area contributed by atoms with Gasteiger partial charge in [0.15, 0.2) is 0 Å². The highest BCUT2D eigenvalue weighted by Crippen LogP contribution is 2.09. The SMILES string of the molecule is CCCOCCOC(CC)C(C)C. The fraction of sp³-hybridized carbons (Fsp3) is 1.00. The molecule has 0 N–H and O–H groups in total. The lowest BCUT2D eigenvalue weighted by molar-refractivity contribution is -0.0161. The van der Waals surface area contributed by atoms with Gasteiger partial charge in [-0.3, -0.25) is 0 Å². The van der Waals surface area contributed by atoms with Crippen molar-refractivity contribution in [2.75, 3.05) is 19.8 Å². The van der Waals surface area contributed by atoms with Crippen LogP contribution in [0.25, 0.3) is 0 Å². The van der Waals surface area contributed by atoms with Crippen LogP contribution >= 0.6 is 0 Å². The Balaban J connectivity index is 3.28. The summed E-state index contributed by atoms with van der Waals surface area (Å²) >= 11 is 0. The van der Waals surface area contributed by atoms with Gasteiger partial charge in [-0.25, -0.2) is 0 Å². The fourth-order valence-electron chi connectivity index (χ4n) is 1.29. The quantitative estimate of drug-likeness (QED) is 0.545. The van der Waals surface area contributed by atoms with Gasteiger partial charge < -0.3 is 9.47 Å². The van der Waals surface area contributed by atoms with E-state index in [9.17, 15) is 0 Å². The molecule has 2 heteroatoms. The fourth-order valence-corrected chi connectivity index (χ4v) is 1.29. The molecule has 0 rings (SSSR count). The summed E-state index contributed by atoms with van der Waals surface area (Å²) in [6.07, 6.45) is 2.57. The summed E-state index contributed by atoms with van der Waals surface area (Å²) < 4.78 is 11.0. The summed E-state index contributed by atoms with van der Waals surface area (Å²) in [5, 5.41) is 0. The van der Waals surface area contributed by atoms with E-state index in [1.165, 1.54) is 0 Å². The van der Waals surface area contributed by atoms with Crippen LogP contribution in [-0.2, 0) is 9.47 Å². The third kappa shape index (κ3) is 7.03. The molecular weight excluding hydrogens is 164 g/mol. The highest BCUT2D eigenvalue weighted by atomic mass is 16.5. The lowest BCUT2D eigenvalue weighted by Crippen LogP contribution is -2.21. The molecule has 0 radical (unpaired) electrons. The van der Waals surface area contributed by atoms with E-state index in [1.54, 1.807) is 0 Å². The molecule has 13 heavy (non-hydrogen) atoms. The molecule has 1 atom stereocenters. The van der Waals surface area contributed by atoms with Crippen molar-refractivity contribution in [2.45, 2.75) is 46.6 Å². The molecule has 0 heterocycles. The lowest BCUT2D eigenvalue weighted by Gasteiger charge is -2.19. The van der Waals surface area contributed by atoms with Gasteiger partial charge >= 0.3 is 0 Å². The molecule has 0 saturated carbocycles. The van der Waals surface area contributed by atoms with Crippen LogP contribution in [-0.4, -0.2) is 25.9 Å². The van der Waals surface area contributed by atoms with Crippen LogP contribution in [0.4, 0.5) is 0 Å². The molecule has 0 aromatic heterocycles. The van der Waals surface area contributed by atoms with E-state index in [4.69, 9.17) is 9.47 Å². The Morgan fingerprint density at radius 2 is 1.69 bits per heavy atom. The van der Waals surface area contributed by atoms with Crippen LogP contribution in [0.15, 0.2) is 0 Å². The molecule has 0 amide bonds. The maximum atomic E-state index is 5.67. The van der Waals surface area contributed by atoms with Crippen molar-refractivity contribution < 1.29 is 9.47 Å². The largest absolute Gasteiger partial charge is 0.379 e. The van der Waals surface area contributed by atoms with E-state index in [0.717, 1.165) is 32.7 Å². The summed E-state index contributed by atoms with van der Waals surface area (Å²) in [5.41, 5.74) is 0. The van der Waals surface area contributed by atoms with Gasteiger partial charge in [-0.15, -0.1) is 0 Å². The van der Waals surface area contributed by atoms with E-state index in [-0.39, 0.29) is 0 Å². The molecule has 1 unspecified atom stereocenters. The molecule has 0 aliphatic carbocycles. The number of rotatable bonds is 8. The summed E-state index contributed by atoms with van der Waals surface area (Å²) in [5.74, 6) is 0.608. The topological polar surface area (TPSA) is 18.5 Å². The first-order chi connectivity index (χ1) is 6.22. The third-order valence-electron chi connectivity index (χ3n) is 2.05. The predicted octanol–water partition coefficient (Wildman–Crippen LogP) is 2.86. The number of hydrogen-bond donors (Lipinski definition) is 0. The smallest absolute Gasteiger partial charge is 0.0704 e. The Labute approximate surface area is 82.6 Å². The molecule has 2 nitrogen and oxygen atoms in total. The number of ether oxygens (including phenoxy) is 2. The molecule has 0 bridgehead atoms. The summed E-state index contributed by atoms with van der Waals surface area (Å²) in [4.78, 5) is 0. The van der Waals surface area contributed by atoms with Crippen molar-refractivity contribution in [1.82, 2.24) is 0 Å². The van der Waals surface area contributed by atoms with Crippen molar-refractivity contribution in [3.05, 3.63) is 0 Å². The molecular formula is C11H24O2. The maximum Gasteiger partial charge on any atom is 0.0704 e. The van der Waals surface area contributed by atoms with Gasteiger partial charge in [-0.1, -0.05) is 27.7 Å². The Hall–Kier alpha value is -0.0800. The predicted molar refractivity (Wildman–Crippen MR) is 56.0 cm³/mol. The van der Waals surface area contributed by atoms with Crippen molar-refractivity contribution in [1.29, 1.82) is 0 Å². The normalized spacial score (nSPS) is 13.6. The van der Waals surface area contributed by atoms with Crippen molar-refractivity contribution in [2.24, 2.45) is 5.92 Å². The molecule has 0 aliphatic rings. The van der Waals surface area contributed by atoms with Gasteiger partial charge in [0.25, 0.3) is 0 Å². The van der Waals surface area contributed by atoms with Gasteiger partial charge in [0.2, 0.25) is 0 Å². The molecule has 0 aromatic rings. The molecule has 0 spiro atoms. The monoisotopic (exact) mass is 188 g/mol. The van der Waals surface area contributed by atoms with Crippen LogP contribution in [0.2, 0.25) is 0 Å². The van der Waals surface area contributed by atoms with Crippen molar-refractivity contribution in [3.63, 3.8) is 0 Å². The zero-order valence-corrected chi connectivity index (χ0v) is 9.51. The van der Waals surface area contributed by atoms with Crippen LogP contribution in [0.3, 0.4) is 0 Å². The second-order valence-corrected chi connectivity index (χ2v) is 3.67.